The Morgan fingerprint density at radius 3 is 2.12 bits per heavy atom. The van der Waals surface area contributed by atoms with E-state index in [-0.39, 0.29) is 0 Å². The van der Waals surface area contributed by atoms with Crippen LogP contribution < -0.4 is 9.47 Å². The van der Waals surface area contributed by atoms with Crippen LogP contribution in [0.3, 0.4) is 0 Å². The molecule has 0 spiro atoms. The summed E-state index contributed by atoms with van der Waals surface area (Å²) in [5, 5.41) is 0. The summed E-state index contributed by atoms with van der Waals surface area (Å²) in [7, 11) is 1.65. The zero-order chi connectivity index (χ0) is 18.0. The standard InChI is InChI=1S/C23H19NO2/c1-25-21-16-14-19(15-17-21)23(24-20-9-4-2-5-10-20)13-8-18-26-22-11-6-3-7-12-22/h2-7,9-12,14-17H,18H2,1H3. The molecule has 3 heteroatoms. The van der Waals surface area contributed by atoms with Gasteiger partial charge in [0.25, 0.3) is 0 Å². The quantitative estimate of drug-likeness (QED) is 0.488. The van der Waals surface area contributed by atoms with Gasteiger partial charge >= 0.3 is 0 Å². The molecule has 0 saturated carbocycles. The minimum Gasteiger partial charge on any atom is -0.497 e. The summed E-state index contributed by atoms with van der Waals surface area (Å²) in [6.45, 7) is 0.300. The number of aliphatic imine (C=N–C) groups is 1. The highest BCUT2D eigenvalue weighted by Gasteiger charge is 2.02. The zero-order valence-electron chi connectivity index (χ0n) is 14.6. The van der Waals surface area contributed by atoms with E-state index in [2.05, 4.69) is 16.8 Å². The molecule has 0 aliphatic rings. The van der Waals surface area contributed by atoms with E-state index in [9.17, 15) is 0 Å². The van der Waals surface area contributed by atoms with Gasteiger partial charge in [0.05, 0.1) is 12.8 Å². The molecule has 0 saturated heterocycles. The van der Waals surface area contributed by atoms with Crippen molar-refractivity contribution in [1.82, 2.24) is 0 Å². The van der Waals surface area contributed by atoms with Gasteiger partial charge in [0.1, 0.15) is 23.8 Å². The second-order valence-corrected chi connectivity index (χ2v) is 5.43. The molecule has 0 atom stereocenters. The number of hydrogen-bond acceptors (Lipinski definition) is 3. The molecule has 0 fully saturated rings. The largest absolute Gasteiger partial charge is 0.497 e. The molecule has 0 aromatic heterocycles. The van der Waals surface area contributed by atoms with Gasteiger partial charge in [0.15, 0.2) is 0 Å². The third kappa shape index (κ3) is 4.99. The highest BCUT2D eigenvalue weighted by molar-refractivity contribution is 6.14. The molecule has 128 valence electrons. The molecule has 0 amide bonds. The fourth-order valence-corrected chi connectivity index (χ4v) is 2.30. The summed E-state index contributed by atoms with van der Waals surface area (Å²) in [4.78, 5) is 4.68. The smallest absolute Gasteiger partial charge is 0.149 e. The Morgan fingerprint density at radius 2 is 1.46 bits per heavy atom. The molecule has 3 rings (SSSR count). The Morgan fingerprint density at radius 1 is 0.808 bits per heavy atom. The summed E-state index contributed by atoms with van der Waals surface area (Å²) >= 11 is 0. The maximum Gasteiger partial charge on any atom is 0.149 e. The van der Waals surface area contributed by atoms with Gasteiger partial charge in [-0.2, -0.15) is 0 Å². The van der Waals surface area contributed by atoms with Gasteiger partial charge in [-0.25, -0.2) is 4.99 Å². The topological polar surface area (TPSA) is 30.8 Å². The number of benzene rings is 3. The number of para-hydroxylation sites is 2. The summed E-state index contributed by atoms with van der Waals surface area (Å²) in [5.74, 6) is 7.77. The minimum absolute atomic E-state index is 0.300. The van der Waals surface area contributed by atoms with Gasteiger partial charge in [-0.15, -0.1) is 0 Å². The monoisotopic (exact) mass is 341 g/mol. The molecule has 0 N–H and O–H groups in total. The van der Waals surface area contributed by atoms with Crippen LogP contribution >= 0.6 is 0 Å². The van der Waals surface area contributed by atoms with Gasteiger partial charge < -0.3 is 9.47 Å². The Kier molecular flexibility index (Phi) is 6.06. The van der Waals surface area contributed by atoms with Crippen LogP contribution in [0.15, 0.2) is 89.9 Å². The van der Waals surface area contributed by atoms with Crippen molar-refractivity contribution in [3.05, 3.63) is 90.5 Å². The van der Waals surface area contributed by atoms with Crippen molar-refractivity contribution in [1.29, 1.82) is 0 Å². The van der Waals surface area contributed by atoms with Crippen molar-refractivity contribution in [3.8, 4) is 23.3 Å². The number of ether oxygens (including phenoxy) is 2. The van der Waals surface area contributed by atoms with E-state index in [0.717, 1.165) is 22.7 Å². The molecular weight excluding hydrogens is 322 g/mol. The Bertz CT molecular complexity index is 905. The van der Waals surface area contributed by atoms with Crippen LogP contribution in [0.2, 0.25) is 0 Å². The number of hydrogen-bond donors (Lipinski definition) is 0. The first-order chi connectivity index (χ1) is 12.8. The van der Waals surface area contributed by atoms with Crippen LogP contribution in [0.4, 0.5) is 5.69 Å². The van der Waals surface area contributed by atoms with E-state index in [1.165, 1.54) is 0 Å². The Hall–Kier alpha value is -3.51. The van der Waals surface area contributed by atoms with Crippen LogP contribution in [0, 0.1) is 11.8 Å². The zero-order valence-corrected chi connectivity index (χ0v) is 14.6. The number of nitrogens with zero attached hydrogens (tertiary/aromatic N) is 1. The number of rotatable bonds is 5. The van der Waals surface area contributed by atoms with Crippen LogP contribution in [-0.4, -0.2) is 19.4 Å². The van der Waals surface area contributed by atoms with Gasteiger partial charge in [0.2, 0.25) is 0 Å². The van der Waals surface area contributed by atoms with Crippen molar-refractivity contribution in [3.63, 3.8) is 0 Å². The lowest BCUT2D eigenvalue weighted by atomic mass is 10.1. The van der Waals surface area contributed by atoms with Crippen molar-refractivity contribution < 1.29 is 9.47 Å². The second kappa shape index (κ2) is 9.10. The van der Waals surface area contributed by atoms with Crippen LogP contribution in [-0.2, 0) is 0 Å². The van der Waals surface area contributed by atoms with E-state index in [1.54, 1.807) is 7.11 Å². The predicted octanol–water partition coefficient (Wildman–Crippen LogP) is 4.90. The molecule has 0 aliphatic carbocycles. The van der Waals surface area contributed by atoms with Gasteiger partial charge in [-0.1, -0.05) is 42.3 Å². The van der Waals surface area contributed by atoms with Gasteiger partial charge in [-0.3, -0.25) is 0 Å². The maximum atomic E-state index is 5.63. The third-order valence-electron chi connectivity index (χ3n) is 3.62. The summed E-state index contributed by atoms with van der Waals surface area (Å²) in [6, 6.07) is 27.1. The van der Waals surface area contributed by atoms with E-state index in [4.69, 9.17) is 9.47 Å². The number of methoxy groups -OCH3 is 1. The van der Waals surface area contributed by atoms with E-state index in [0.29, 0.717) is 12.3 Å². The van der Waals surface area contributed by atoms with E-state index in [1.807, 2.05) is 84.9 Å². The average molecular weight is 341 g/mol. The molecule has 0 aliphatic heterocycles. The van der Waals surface area contributed by atoms with Crippen LogP contribution in [0.1, 0.15) is 5.56 Å². The van der Waals surface area contributed by atoms with Crippen molar-refractivity contribution in [2.75, 3.05) is 13.7 Å². The van der Waals surface area contributed by atoms with E-state index >= 15 is 0 Å². The average Bonchev–Trinajstić information content (AvgIpc) is 2.72. The lowest BCUT2D eigenvalue weighted by molar-refractivity contribution is 0.370. The normalized spacial score (nSPS) is 10.6. The van der Waals surface area contributed by atoms with Crippen molar-refractivity contribution in [2.24, 2.45) is 4.99 Å². The molecule has 0 bridgehead atoms. The van der Waals surface area contributed by atoms with Crippen LogP contribution in [0.25, 0.3) is 0 Å². The Balaban J connectivity index is 1.81. The fourth-order valence-electron chi connectivity index (χ4n) is 2.30. The lowest BCUT2D eigenvalue weighted by Crippen LogP contribution is -1.99. The fraction of sp³-hybridized carbons (Fsp3) is 0.0870. The highest BCUT2D eigenvalue weighted by Crippen LogP contribution is 2.16. The highest BCUT2D eigenvalue weighted by atomic mass is 16.5. The Labute approximate surface area is 153 Å². The SMILES string of the molecule is COc1ccc(C(C#CCOc2ccccc2)=Nc2ccccc2)cc1. The summed E-state index contributed by atoms with van der Waals surface area (Å²) in [5.41, 5.74) is 2.48. The molecule has 0 radical (unpaired) electrons. The predicted molar refractivity (Wildman–Crippen MR) is 105 cm³/mol. The second-order valence-electron chi connectivity index (χ2n) is 5.43. The first kappa shape index (κ1) is 17.3. The summed E-state index contributed by atoms with van der Waals surface area (Å²) < 4.78 is 10.8. The lowest BCUT2D eigenvalue weighted by Gasteiger charge is -2.03. The van der Waals surface area contributed by atoms with Crippen molar-refractivity contribution >= 4 is 11.4 Å². The molecule has 0 unspecified atom stereocenters. The van der Waals surface area contributed by atoms with E-state index < -0.39 is 0 Å². The molecule has 26 heavy (non-hydrogen) atoms. The summed E-state index contributed by atoms with van der Waals surface area (Å²) in [6.07, 6.45) is 0. The third-order valence-corrected chi connectivity index (χ3v) is 3.62. The minimum atomic E-state index is 0.300. The molecule has 0 heterocycles. The molecule has 3 aromatic carbocycles. The molecular formula is C23H19NO2. The maximum absolute atomic E-state index is 5.63. The van der Waals surface area contributed by atoms with Crippen molar-refractivity contribution in [2.45, 2.75) is 0 Å². The first-order valence-corrected chi connectivity index (χ1v) is 8.30. The van der Waals surface area contributed by atoms with Crippen LogP contribution in [0.5, 0.6) is 11.5 Å². The molecule has 3 nitrogen and oxygen atoms in total. The van der Waals surface area contributed by atoms with Gasteiger partial charge in [-0.05, 0) is 54.5 Å². The van der Waals surface area contributed by atoms with Gasteiger partial charge in [0, 0.05) is 5.56 Å². The first-order valence-electron chi connectivity index (χ1n) is 8.30. The molecule has 3 aromatic rings.